The first kappa shape index (κ1) is 21.1. The first-order chi connectivity index (χ1) is 12.1. The highest BCUT2D eigenvalue weighted by Gasteiger charge is 2.27. The molecule has 1 aromatic carbocycles. The lowest BCUT2D eigenvalue weighted by molar-refractivity contribution is 0.0173. The minimum absolute atomic E-state index is 0.182. The van der Waals surface area contributed by atoms with Crippen LogP contribution >= 0.6 is 15.9 Å². The minimum Gasteiger partial charge on any atom is -0.493 e. The molecular weight excluding hydrogens is 394 g/mol. The van der Waals surface area contributed by atoms with Crippen molar-refractivity contribution in [1.82, 2.24) is 4.90 Å². The van der Waals surface area contributed by atoms with E-state index in [4.69, 9.17) is 9.47 Å². The molecule has 1 unspecified atom stereocenters. The van der Waals surface area contributed by atoms with Crippen LogP contribution in [0.4, 0.5) is 4.79 Å². The van der Waals surface area contributed by atoms with Crippen molar-refractivity contribution in [3.05, 3.63) is 28.2 Å². The van der Waals surface area contributed by atoms with Gasteiger partial charge in [-0.3, -0.25) is 0 Å². The number of rotatable bonds is 5. The lowest BCUT2D eigenvalue weighted by Crippen LogP contribution is -2.42. The second-order valence-electron chi connectivity index (χ2n) is 8.47. The zero-order valence-electron chi connectivity index (χ0n) is 16.7. The highest BCUT2D eigenvalue weighted by molar-refractivity contribution is 9.10. The van der Waals surface area contributed by atoms with Crippen LogP contribution in [0.3, 0.4) is 0 Å². The Morgan fingerprint density at radius 1 is 1.31 bits per heavy atom. The Morgan fingerprint density at radius 2 is 1.96 bits per heavy atom. The van der Waals surface area contributed by atoms with Crippen molar-refractivity contribution >= 4 is 22.0 Å². The summed E-state index contributed by atoms with van der Waals surface area (Å²) in [5.74, 6) is 2.08. The quantitative estimate of drug-likeness (QED) is 0.597. The van der Waals surface area contributed by atoms with Crippen LogP contribution in [0.5, 0.6) is 5.75 Å². The molecule has 0 N–H and O–H groups in total. The maximum atomic E-state index is 12.1. The van der Waals surface area contributed by atoms with Gasteiger partial charge in [-0.25, -0.2) is 4.79 Å². The summed E-state index contributed by atoms with van der Waals surface area (Å²) in [7, 11) is 0. The van der Waals surface area contributed by atoms with Crippen LogP contribution in [0.2, 0.25) is 0 Å². The van der Waals surface area contributed by atoms with E-state index < -0.39 is 5.60 Å². The van der Waals surface area contributed by atoms with Crippen molar-refractivity contribution in [3.63, 3.8) is 0 Å². The maximum Gasteiger partial charge on any atom is 0.410 e. The zero-order chi connectivity index (χ0) is 19.3. The molecule has 5 heteroatoms. The van der Waals surface area contributed by atoms with Gasteiger partial charge in [-0.05, 0) is 82.6 Å². The van der Waals surface area contributed by atoms with Gasteiger partial charge in [0.15, 0.2) is 0 Å². The number of amides is 1. The molecule has 1 fully saturated rings. The first-order valence-corrected chi connectivity index (χ1v) is 10.3. The number of piperidine rings is 1. The van der Waals surface area contributed by atoms with Crippen molar-refractivity contribution < 1.29 is 14.3 Å². The molecule has 0 saturated carbocycles. The number of likely N-dealkylation sites (tertiary alicyclic amines) is 1. The van der Waals surface area contributed by atoms with Crippen LogP contribution in [0.25, 0.3) is 0 Å². The molecule has 0 radical (unpaired) electrons. The number of hydrogen-bond donors (Lipinski definition) is 0. The van der Waals surface area contributed by atoms with Gasteiger partial charge in [0, 0.05) is 17.6 Å². The molecule has 1 heterocycles. The van der Waals surface area contributed by atoms with Gasteiger partial charge < -0.3 is 14.4 Å². The Labute approximate surface area is 166 Å². The largest absolute Gasteiger partial charge is 0.493 e. The van der Waals surface area contributed by atoms with E-state index in [0.29, 0.717) is 11.8 Å². The van der Waals surface area contributed by atoms with Crippen molar-refractivity contribution in [1.29, 1.82) is 0 Å². The number of carbonyl (C=O) groups excluding carboxylic acids is 1. The molecule has 4 nitrogen and oxygen atoms in total. The number of aryl methyl sites for hydroxylation is 1. The van der Waals surface area contributed by atoms with E-state index >= 15 is 0 Å². The van der Waals surface area contributed by atoms with Crippen LogP contribution in [-0.4, -0.2) is 36.3 Å². The molecular formula is C21H32BrNO3. The molecule has 1 atom stereocenters. The summed E-state index contributed by atoms with van der Waals surface area (Å²) >= 11 is 3.51. The van der Waals surface area contributed by atoms with Crippen molar-refractivity contribution in [2.24, 2.45) is 11.8 Å². The normalized spacial score (nSPS) is 17.1. The summed E-state index contributed by atoms with van der Waals surface area (Å²) in [6.07, 6.45) is 3.04. The summed E-state index contributed by atoms with van der Waals surface area (Å²) in [5.41, 5.74) is 0.759. The highest BCUT2D eigenvalue weighted by Crippen LogP contribution is 2.27. The molecule has 1 aliphatic heterocycles. The molecule has 146 valence electrons. The minimum atomic E-state index is -0.425. The third kappa shape index (κ3) is 6.82. The summed E-state index contributed by atoms with van der Waals surface area (Å²) in [5, 5.41) is 0. The summed E-state index contributed by atoms with van der Waals surface area (Å²) in [4.78, 5) is 14.0. The van der Waals surface area contributed by atoms with Gasteiger partial charge >= 0.3 is 6.09 Å². The number of ether oxygens (including phenoxy) is 2. The Bertz CT molecular complexity index is 604. The van der Waals surface area contributed by atoms with Crippen LogP contribution in [0.1, 0.15) is 52.5 Å². The van der Waals surface area contributed by atoms with E-state index in [1.54, 1.807) is 0 Å². The van der Waals surface area contributed by atoms with Gasteiger partial charge in [-0.2, -0.15) is 0 Å². The van der Waals surface area contributed by atoms with Gasteiger partial charge in [0.1, 0.15) is 11.4 Å². The van der Waals surface area contributed by atoms with Gasteiger partial charge in [0.25, 0.3) is 0 Å². The lowest BCUT2D eigenvalue weighted by Gasteiger charge is -2.34. The SMILES string of the molecule is Cc1cc(OCC(C)CC2CCN(C(=O)OC(C)(C)C)CC2)ccc1Br. The Balaban J connectivity index is 1.71. The van der Waals surface area contributed by atoms with E-state index in [-0.39, 0.29) is 6.09 Å². The second kappa shape index (κ2) is 9.12. The molecule has 1 amide bonds. The van der Waals surface area contributed by atoms with E-state index in [0.717, 1.165) is 49.2 Å². The van der Waals surface area contributed by atoms with Gasteiger partial charge in [0.2, 0.25) is 0 Å². The van der Waals surface area contributed by atoms with Crippen LogP contribution in [0.15, 0.2) is 22.7 Å². The lowest BCUT2D eigenvalue weighted by atomic mass is 9.88. The van der Waals surface area contributed by atoms with E-state index in [1.165, 1.54) is 5.56 Å². The summed E-state index contributed by atoms with van der Waals surface area (Å²) in [6, 6.07) is 6.10. The predicted molar refractivity (Wildman–Crippen MR) is 109 cm³/mol. The number of hydrogen-bond acceptors (Lipinski definition) is 3. The Kier molecular flexibility index (Phi) is 7.39. The molecule has 0 aliphatic carbocycles. The van der Waals surface area contributed by atoms with Crippen LogP contribution in [0, 0.1) is 18.8 Å². The Hall–Kier alpha value is -1.23. The fourth-order valence-electron chi connectivity index (χ4n) is 3.26. The molecule has 0 spiro atoms. The standard InChI is InChI=1S/C21H32BrNO3/c1-15(14-25-18-6-7-19(22)16(2)13-18)12-17-8-10-23(11-9-17)20(24)26-21(3,4)5/h6-7,13,15,17H,8-12,14H2,1-5H3. The van der Waals surface area contributed by atoms with E-state index in [9.17, 15) is 4.79 Å². The maximum absolute atomic E-state index is 12.1. The average Bonchev–Trinajstić information content (AvgIpc) is 2.55. The fourth-order valence-corrected chi connectivity index (χ4v) is 3.51. The average molecular weight is 426 g/mol. The molecule has 0 bridgehead atoms. The Morgan fingerprint density at radius 3 is 2.54 bits per heavy atom. The fraction of sp³-hybridized carbons (Fsp3) is 0.667. The first-order valence-electron chi connectivity index (χ1n) is 9.51. The third-order valence-electron chi connectivity index (χ3n) is 4.67. The molecule has 2 rings (SSSR count). The highest BCUT2D eigenvalue weighted by atomic mass is 79.9. The molecule has 26 heavy (non-hydrogen) atoms. The number of nitrogens with zero attached hydrogens (tertiary/aromatic N) is 1. The molecule has 0 aromatic heterocycles. The predicted octanol–water partition coefficient (Wildman–Crippen LogP) is 5.81. The van der Waals surface area contributed by atoms with Crippen LogP contribution < -0.4 is 4.74 Å². The topological polar surface area (TPSA) is 38.8 Å². The third-order valence-corrected chi connectivity index (χ3v) is 5.56. The van der Waals surface area contributed by atoms with Gasteiger partial charge in [0.05, 0.1) is 6.61 Å². The second-order valence-corrected chi connectivity index (χ2v) is 9.33. The number of carbonyl (C=O) groups is 1. The van der Waals surface area contributed by atoms with Crippen LogP contribution in [-0.2, 0) is 4.74 Å². The van der Waals surface area contributed by atoms with E-state index in [2.05, 4.69) is 35.8 Å². The van der Waals surface area contributed by atoms with Crippen molar-refractivity contribution in [2.75, 3.05) is 19.7 Å². The summed E-state index contributed by atoms with van der Waals surface area (Å²) in [6.45, 7) is 12.3. The summed E-state index contributed by atoms with van der Waals surface area (Å²) < 4.78 is 12.5. The van der Waals surface area contributed by atoms with Crippen molar-refractivity contribution in [3.8, 4) is 5.75 Å². The number of halogens is 1. The van der Waals surface area contributed by atoms with Gasteiger partial charge in [-0.15, -0.1) is 0 Å². The van der Waals surface area contributed by atoms with E-state index in [1.807, 2.05) is 37.8 Å². The number of benzene rings is 1. The molecule has 1 aromatic rings. The smallest absolute Gasteiger partial charge is 0.410 e. The zero-order valence-corrected chi connectivity index (χ0v) is 18.3. The van der Waals surface area contributed by atoms with Crippen molar-refractivity contribution in [2.45, 2.75) is 59.5 Å². The monoisotopic (exact) mass is 425 g/mol. The van der Waals surface area contributed by atoms with Gasteiger partial charge in [-0.1, -0.05) is 22.9 Å². The molecule has 1 saturated heterocycles. The molecule has 1 aliphatic rings.